The number of benzene rings is 2. The third-order valence-electron chi connectivity index (χ3n) is 6.87. The maximum atomic E-state index is 13.7. The Kier molecular flexibility index (Phi) is 5.97. The van der Waals surface area contributed by atoms with Crippen molar-refractivity contribution in [3.63, 3.8) is 0 Å². The number of hydrogen-bond acceptors (Lipinski definition) is 3. The Bertz CT molecular complexity index is 1040. The zero-order valence-electron chi connectivity index (χ0n) is 18.0. The van der Waals surface area contributed by atoms with Crippen LogP contribution in [-0.4, -0.2) is 39.9 Å². The highest BCUT2D eigenvalue weighted by Gasteiger charge is 2.25. The number of nitrogens with zero attached hydrogens (tertiary/aromatic N) is 2. The van der Waals surface area contributed by atoms with Gasteiger partial charge in [0.25, 0.3) is 0 Å². The van der Waals surface area contributed by atoms with Crippen molar-refractivity contribution in [2.24, 2.45) is 0 Å². The van der Waals surface area contributed by atoms with Gasteiger partial charge in [-0.2, -0.15) is 0 Å². The molecule has 1 aliphatic carbocycles. The largest absolute Gasteiger partial charge is 0.490 e. The fourth-order valence-corrected chi connectivity index (χ4v) is 5.24. The van der Waals surface area contributed by atoms with Gasteiger partial charge >= 0.3 is 0 Å². The maximum absolute atomic E-state index is 13.7. The van der Waals surface area contributed by atoms with Crippen molar-refractivity contribution < 1.29 is 14.2 Å². The number of rotatable bonds is 7. The van der Waals surface area contributed by atoms with Gasteiger partial charge in [-0.3, -0.25) is 4.90 Å². The topological polar surface area (TPSA) is 37.6 Å². The molecule has 3 aromatic rings. The van der Waals surface area contributed by atoms with Crippen LogP contribution >= 0.6 is 0 Å². The van der Waals surface area contributed by atoms with E-state index in [1.807, 2.05) is 6.07 Å². The molecule has 5 rings (SSSR count). The van der Waals surface area contributed by atoms with Crippen LogP contribution in [0.25, 0.3) is 10.9 Å². The van der Waals surface area contributed by atoms with Crippen molar-refractivity contribution in [2.45, 2.75) is 63.8 Å². The Morgan fingerprint density at radius 2 is 1.87 bits per heavy atom. The molecule has 1 saturated carbocycles. The molecule has 1 saturated heterocycles. The summed E-state index contributed by atoms with van der Waals surface area (Å²) < 4.78 is 22.2. The van der Waals surface area contributed by atoms with Gasteiger partial charge in [-0.15, -0.1) is 0 Å². The van der Waals surface area contributed by atoms with Gasteiger partial charge in [-0.05, 0) is 86.5 Å². The summed E-state index contributed by atoms with van der Waals surface area (Å²) in [6.45, 7) is 2.66. The fraction of sp³-hybridized carbons (Fsp3) is 0.462. The summed E-state index contributed by atoms with van der Waals surface area (Å²) in [4.78, 5) is 2.38. The van der Waals surface area contributed by atoms with Gasteiger partial charge in [-0.25, -0.2) is 4.39 Å². The Morgan fingerprint density at radius 1 is 1.00 bits per heavy atom. The number of likely N-dealkylation sites (tertiary alicyclic amines) is 1. The van der Waals surface area contributed by atoms with Crippen molar-refractivity contribution in [1.29, 1.82) is 0 Å². The lowest BCUT2D eigenvalue weighted by Gasteiger charge is -2.22. The van der Waals surface area contributed by atoms with E-state index in [0.717, 1.165) is 55.6 Å². The second-order valence-electron chi connectivity index (χ2n) is 9.06. The van der Waals surface area contributed by atoms with E-state index in [1.54, 1.807) is 12.1 Å². The van der Waals surface area contributed by atoms with Gasteiger partial charge in [0, 0.05) is 36.2 Å². The molecule has 0 amide bonds. The first-order valence-electron chi connectivity index (χ1n) is 11.6. The second-order valence-corrected chi connectivity index (χ2v) is 9.06. The van der Waals surface area contributed by atoms with Crippen molar-refractivity contribution in [3.05, 3.63) is 65.6 Å². The standard InChI is InChI=1S/C26H31FN2O2/c27-21-6-3-5-19(13-21)15-29-17-20(16-28-12-4-7-22(28)18-30)25-14-24(10-11-26(25)29)31-23-8-1-2-9-23/h3,5-6,10-11,13-14,17,22-23,30H,1-2,4,7-9,12,15-16,18H2/t22-/m0/s1. The van der Waals surface area contributed by atoms with Crippen LogP contribution in [0.1, 0.15) is 49.7 Å². The summed E-state index contributed by atoms with van der Waals surface area (Å²) in [5.74, 6) is 0.730. The van der Waals surface area contributed by atoms with Crippen LogP contribution in [0, 0.1) is 5.82 Å². The fourth-order valence-electron chi connectivity index (χ4n) is 5.24. The number of ether oxygens (including phenoxy) is 1. The maximum Gasteiger partial charge on any atom is 0.123 e. The number of aliphatic hydroxyl groups is 1. The molecule has 164 valence electrons. The van der Waals surface area contributed by atoms with Gasteiger partial charge in [0.15, 0.2) is 0 Å². The first-order valence-corrected chi connectivity index (χ1v) is 11.6. The minimum atomic E-state index is -0.204. The molecule has 31 heavy (non-hydrogen) atoms. The molecule has 1 atom stereocenters. The predicted octanol–water partition coefficient (Wildman–Crippen LogP) is 5.11. The monoisotopic (exact) mass is 422 g/mol. The zero-order valence-corrected chi connectivity index (χ0v) is 18.0. The summed E-state index contributed by atoms with van der Waals surface area (Å²) in [6, 6.07) is 13.4. The molecule has 0 bridgehead atoms. The third kappa shape index (κ3) is 4.48. The summed E-state index contributed by atoms with van der Waals surface area (Å²) in [7, 11) is 0. The van der Waals surface area contributed by atoms with Gasteiger partial charge in [-0.1, -0.05) is 12.1 Å². The van der Waals surface area contributed by atoms with E-state index >= 15 is 0 Å². The molecule has 4 nitrogen and oxygen atoms in total. The Morgan fingerprint density at radius 3 is 2.68 bits per heavy atom. The smallest absolute Gasteiger partial charge is 0.123 e. The predicted molar refractivity (Wildman–Crippen MR) is 121 cm³/mol. The minimum absolute atomic E-state index is 0.204. The lowest BCUT2D eigenvalue weighted by atomic mass is 10.1. The highest BCUT2D eigenvalue weighted by Crippen LogP contribution is 2.32. The first kappa shape index (κ1) is 20.5. The molecule has 2 aromatic carbocycles. The van der Waals surface area contributed by atoms with Crippen molar-refractivity contribution in [3.8, 4) is 5.75 Å². The van der Waals surface area contributed by atoms with E-state index in [2.05, 4.69) is 33.9 Å². The van der Waals surface area contributed by atoms with E-state index in [9.17, 15) is 9.50 Å². The van der Waals surface area contributed by atoms with E-state index in [0.29, 0.717) is 12.6 Å². The van der Waals surface area contributed by atoms with Crippen LogP contribution in [-0.2, 0) is 13.1 Å². The van der Waals surface area contributed by atoms with Crippen molar-refractivity contribution in [2.75, 3.05) is 13.2 Å². The summed E-state index contributed by atoms with van der Waals surface area (Å²) in [6.07, 6.45) is 9.47. The highest BCUT2D eigenvalue weighted by molar-refractivity contribution is 5.85. The summed E-state index contributed by atoms with van der Waals surface area (Å²) >= 11 is 0. The van der Waals surface area contributed by atoms with Crippen LogP contribution in [0.2, 0.25) is 0 Å². The molecule has 1 N–H and O–H groups in total. The molecule has 1 aliphatic heterocycles. The van der Waals surface area contributed by atoms with E-state index < -0.39 is 0 Å². The average Bonchev–Trinajstić information content (AvgIpc) is 3.50. The summed E-state index contributed by atoms with van der Waals surface area (Å²) in [5, 5.41) is 10.9. The van der Waals surface area contributed by atoms with Gasteiger partial charge in [0.1, 0.15) is 11.6 Å². The number of aliphatic hydroxyl groups excluding tert-OH is 1. The normalized spacial score (nSPS) is 20.1. The molecular weight excluding hydrogens is 391 g/mol. The Hall–Kier alpha value is -2.37. The van der Waals surface area contributed by atoms with Crippen LogP contribution < -0.4 is 4.74 Å². The molecule has 2 heterocycles. The number of hydrogen-bond donors (Lipinski definition) is 1. The lowest BCUT2D eigenvalue weighted by Crippen LogP contribution is -2.31. The molecule has 2 fully saturated rings. The number of halogens is 1. The molecule has 0 radical (unpaired) electrons. The second kappa shape index (κ2) is 9.01. The molecule has 1 aromatic heterocycles. The Balaban J connectivity index is 1.48. The molecule has 0 unspecified atom stereocenters. The van der Waals surface area contributed by atoms with Crippen molar-refractivity contribution >= 4 is 10.9 Å². The number of aromatic nitrogens is 1. The van der Waals surface area contributed by atoms with E-state index in [-0.39, 0.29) is 18.5 Å². The van der Waals surface area contributed by atoms with Crippen LogP contribution in [0.15, 0.2) is 48.7 Å². The molecule has 0 spiro atoms. The molecular formula is C26H31FN2O2. The van der Waals surface area contributed by atoms with Gasteiger partial charge in [0.05, 0.1) is 12.7 Å². The highest BCUT2D eigenvalue weighted by atomic mass is 19.1. The summed E-state index contributed by atoms with van der Waals surface area (Å²) in [5.41, 5.74) is 3.32. The molecule has 2 aliphatic rings. The van der Waals surface area contributed by atoms with Crippen LogP contribution in [0.3, 0.4) is 0 Å². The quantitative estimate of drug-likeness (QED) is 0.575. The number of fused-ring (bicyclic) bond motifs is 1. The average molecular weight is 423 g/mol. The van der Waals surface area contributed by atoms with Crippen LogP contribution in [0.4, 0.5) is 4.39 Å². The van der Waals surface area contributed by atoms with Crippen molar-refractivity contribution in [1.82, 2.24) is 9.47 Å². The zero-order chi connectivity index (χ0) is 21.2. The first-order chi connectivity index (χ1) is 15.2. The lowest BCUT2D eigenvalue weighted by molar-refractivity contribution is 0.154. The molecule has 5 heteroatoms. The SMILES string of the molecule is OC[C@@H]1CCCN1Cc1cn(Cc2cccc(F)c2)c2ccc(OC3CCCC3)cc12. The van der Waals surface area contributed by atoms with E-state index in [4.69, 9.17) is 4.74 Å². The van der Waals surface area contributed by atoms with Crippen LogP contribution in [0.5, 0.6) is 5.75 Å². The van der Waals surface area contributed by atoms with E-state index in [1.165, 1.54) is 29.9 Å². The minimum Gasteiger partial charge on any atom is -0.490 e. The van der Waals surface area contributed by atoms with Gasteiger partial charge < -0.3 is 14.4 Å². The Labute approximate surface area is 183 Å². The third-order valence-corrected chi connectivity index (χ3v) is 6.87. The van der Waals surface area contributed by atoms with Gasteiger partial charge in [0.2, 0.25) is 0 Å².